The first-order valence-corrected chi connectivity index (χ1v) is 10.2. The van der Waals surface area contributed by atoms with Gasteiger partial charge in [0, 0.05) is 31.8 Å². The molecule has 2 aliphatic heterocycles. The van der Waals surface area contributed by atoms with Gasteiger partial charge in [-0.3, -0.25) is 9.59 Å². The van der Waals surface area contributed by atoms with Gasteiger partial charge in [-0.2, -0.15) is 0 Å². The number of aromatic nitrogens is 1. The van der Waals surface area contributed by atoms with Gasteiger partial charge in [0.2, 0.25) is 11.8 Å². The lowest BCUT2D eigenvalue weighted by Crippen LogP contribution is -2.30. The minimum atomic E-state index is 0.0133. The fourth-order valence-corrected chi connectivity index (χ4v) is 3.83. The first kappa shape index (κ1) is 19.1. The van der Waals surface area contributed by atoms with Crippen LogP contribution in [-0.4, -0.2) is 34.8 Å². The van der Waals surface area contributed by atoms with Crippen LogP contribution in [0, 0.1) is 0 Å². The minimum Gasteiger partial charge on any atom is -0.339 e. The van der Waals surface area contributed by atoms with E-state index in [1.807, 2.05) is 35.2 Å². The highest BCUT2D eigenvalue weighted by Gasteiger charge is 2.16. The van der Waals surface area contributed by atoms with Crippen LogP contribution in [0.15, 0.2) is 54.7 Å². The van der Waals surface area contributed by atoms with Gasteiger partial charge in [-0.1, -0.05) is 36.4 Å². The Kier molecular flexibility index (Phi) is 5.84. The number of carbonyl (C=O) groups is 2. The molecule has 2 amide bonds. The zero-order valence-electron chi connectivity index (χ0n) is 16.4. The van der Waals surface area contributed by atoms with Gasteiger partial charge in [0.05, 0.1) is 0 Å². The predicted molar refractivity (Wildman–Crippen MR) is 115 cm³/mol. The Morgan fingerprint density at radius 2 is 1.97 bits per heavy atom. The van der Waals surface area contributed by atoms with E-state index in [1.54, 1.807) is 12.3 Å². The molecule has 0 aliphatic carbocycles. The van der Waals surface area contributed by atoms with Gasteiger partial charge in [-0.25, -0.2) is 4.98 Å². The summed E-state index contributed by atoms with van der Waals surface area (Å²) in [6.45, 7) is 1.45. The second-order valence-electron chi connectivity index (χ2n) is 7.47. The Hall–Kier alpha value is -3.21. The molecule has 5 nitrogen and oxygen atoms in total. The monoisotopic (exact) mass is 387 g/mol. The molecule has 29 heavy (non-hydrogen) atoms. The number of hydrogen-bond donors (Lipinski definition) is 1. The maximum Gasteiger partial charge on any atom is 0.246 e. The number of pyridine rings is 1. The number of anilines is 1. The topological polar surface area (TPSA) is 62.3 Å². The number of nitrogens with one attached hydrogen (secondary N) is 1. The number of benzene rings is 1. The van der Waals surface area contributed by atoms with Gasteiger partial charge < -0.3 is 10.2 Å². The van der Waals surface area contributed by atoms with E-state index in [-0.39, 0.29) is 11.8 Å². The molecule has 0 radical (unpaired) electrons. The van der Waals surface area contributed by atoms with Crippen LogP contribution in [0.25, 0.3) is 11.6 Å². The lowest BCUT2D eigenvalue weighted by atomic mass is 10.0. The first-order chi connectivity index (χ1) is 14.2. The molecule has 2 aromatic rings. The summed E-state index contributed by atoms with van der Waals surface area (Å²) >= 11 is 0. The number of aryl methyl sites for hydroxylation is 1. The quantitative estimate of drug-likeness (QED) is 0.808. The van der Waals surface area contributed by atoms with Crippen molar-refractivity contribution in [3.8, 4) is 0 Å². The predicted octanol–water partition coefficient (Wildman–Crippen LogP) is 4.08. The Bertz CT molecular complexity index is 963. The number of fused-ring (bicyclic) bond motifs is 1. The second-order valence-corrected chi connectivity index (χ2v) is 7.47. The average Bonchev–Trinajstić information content (AvgIpc) is 3.10. The third-order valence-corrected chi connectivity index (χ3v) is 5.41. The molecule has 4 rings (SSSR count). The normalized spacial score (nSPS) is 17.2. The van der Waals surface area contributed by atoms with E-state index in [9.17, 15) is 9.59 Å². The van der Waals surface area contributed by atoms with Crippen molar-refractivity contribution >= 4 is 29.3 Å². The van der Waals surface area contributed by atoms with Gasteiger partial charge in [0.1, 0.15) is 5.82 Å². The molecule has 0 saturated carbocycles. The van der Waals surface area contributed by atoms with Crippen LogP contribution in [0.4, 0.5) is 5.82 Å². The number of hydrogen-bond acceptors (Lipinski definition) is 3. The maximum absolute atomic E-state index is 12.7. The highest BCUT2D eigenvalue weighted by atomic mass is 16.2. The molecular formula is C24H25N3O2. The molecule has 1 N–H and O–H groups in total. The number of amides is 2. The van der Waals surface area contributed by atoms with Gasteiger partial charge in [0.15, 0.2) is 0 Å². The van der Waals surface area contributed by atoms with E-state index < -0.39 is 0 Å². The van der Waals surface area contributed by atoms with E-state index in [0.717, 1.165) is 49.9 Å². The van der Waals surface area contributed by atoms with Gasteiger partial charge in [-0.05, 0) is 60.1 Å². The summed E-state index contributed by atoms with van der Waals surface area (Å²) in [6, 6.07) is 12.4. The molecule has 0 unspecified atom stereocenters. The SMILES string of the molecule is O=C1CCCc2cc(/C=C/C(=O)N3CCC=C(c4ccccc4)CC3)cnc2N1. The molecule has 0 fully saturated rings. The first-order valence-electron chi connectivity index (χ1n) is 10.2. The van der Waals surface area contributed by atoms with Crippen molar-refractivity contribution in [2.45, 2.75) is 32.1 Å². The zero-order valence-corrected chi connectivity index (χ0v) is 16.4. The lowest BCUT2D eigenvalue weighted by molar-refractivity contribution is -0.125. The number of nitrogens with zero attached hydrogens (tertiary/aromatic N) is 2. The summed E-state index contributed by atoms with van der Waals surface area (Å²) < 4.78 is 0. The Morgan fingerprint density at radius 3 is 2.83 bits per heavy atom. The largest absolute Gasteiger partial charge is 0.339 e. The smallest absolute Gasteiger partial charge is 0.246 e. The van der Waals surface area contributed by atoms with Crippen LogP contribution in [0.1, 0.15) is 42.4 Å². The van der Waals surface area contributed by atoms with Crippen LogP contribution >= 0.6 is 0 Å². The van der Waals surface area contributed by atoms with Gasteiger partial charge >= 0.3 is 0 Å². The van der Waals surface area contributed by atoms with E-state index in [4.69, 9.17) is 0 Å². The summed E-state index contributed by atoms with van der Waals surface area (Å²) in [4.78, 5) is 30.6. The summed E-state index contributed by atoms with van der Waals surface area (Å²) in [6.07, 6.45) is 11.3. The molecule has 5 heteroatoms. The van der Waals surface area contributed by atoms with Crippen molar-refractivity contribution in [3.63, 3.8) is 0 Å². The average molecular weight is 387 g/mol. The molecule has 0 spiro atoms. The fraction of sp³-hybridized carbons (Fsp3) is 0.292. The lowest BCUT2D eigenvalue weighted by Gasteiger charge is -2.18. The summed E-state index contributed by atoms with van der Waals surface area (Å²) in [5, 5.41) is 2.84. The highest BCUT2D eigenvalue weighted by molar-refractivity contribution is 5.93. The van der Waals surface area contributed by atoms with Crippen molar-refractivity contribution in [3.05, 3.63) is 71.4 Å². The van der Waals surface area contributed by atoms with Crippen LogP contribution in [0.5, 0.6) is 0 Å². The van der Waals surface area contributed by atoms with Crippen molar-refractivity contribution in [1.82, 2.24) is 9.88 Å². The Morgan fingerprint density at radius 1 is 1.10 bits per heavy atom. The molecule has 0 atom stereocenters. The highest BCUT2D eigenvalue weighted by Crippen LogP contribution is 2.23. The standard InChI is InChI=1S/C24H25N3O2/c28-22-10-4-8-21-16-18(17-25-24(21)26-22)11-12-23(29)27-14-5-9-20(13-15-27)19-6-2-1-3-7-19/h1-3,6-7,9,11-12,16-17H,4-5,8,10,13-15H2,(H,25,26,28)/b12-11+. The van der Waals surface area contributed by atoms with Crippen LogP contribution in [-0.2, 0) is 16.0 Å². The molecule has 3 heterocycles. The summed E-state index contributed by atoms with van der Waals surface area (Å²) in [7, 11) is 0. The molecule has 2 aliphatic rings. The summed E-state index contributed by atoms with van der Waals surface area (Å²) in [5.74, 6) is 0.679. The second kappa shape index (κ2) is 8.86. The molecule has 0 bridgehead atoms. The van der Waals surface area contributed by atoms with Crippen LogP contribution < -0.4 is 5.32 Å². The van der Waals surface area contributed by atoms with E-state index in [1.165, 1.54) is 11.1 Å². The number of carbonyl (C=O) groups excluding carboxylic acids is 2. The van der Waals surface area contributed by atoms with Gasteiger partial charge in [-0.15, -0.1) is 0 Å². The van der Waals surface area contributed by atoms with Crippen molar-refractivity contribution in [2.75, 3.05) is 18.4 Å². The molecule has 0 saturated heterocycles. The fourth-order valence-electron chi connectivity index (χ4n) is 3.83. The third-order valence-electron chi connectivity index (χ3n) is 5.41. The van der Waals surface area contributed by atoms with Gasteiger partial charge in [0.25, 0.3) is 0 Å². The molecule has 1 aromatic carbocycles. The van der Waals surface area contributed by atoms with Crippen molar-refractivity contribution in [2.24, 2.45) is 0 Å². The Labute approximate surface area is 171 Å². The zero-order chi connectivity index (χ0) is 20.1. The van der Waals surface area contributed by atoms with E-state index in [2.05, 4.69) is 28.5 Å². The van der Waals surface area contributed by atoms with Crippen LogP contribution in [0.2, 0.25) is 0 Å². The van der Waals surface area contributed by atoms with E-state index in [0.29, 0.717) is 12.2 Å². The molecular weight excluding hydrogens is 362 g/mol. The summed E-state index contributed by atoms with van der Waals surface area (Å²) in [5.41, 5.74) is 4.45. The van der Waals surface area contributed by atoms with Crippen molar-refractivity contribution < 1.29 is 9.59 Å². The molecule has 1 aromatic heterocycles. The van der Waals surface area contributed by atoms with Crippen molar-refractivity contribution in [1.29, 1.82) is 0 Å². The van der Waals surface area contributed by atoms with E-state index >= 15 is 0 Å². The minimum absolute atomic E-state index is 0.0133. The molecule has 148 valence electrons. The third kappa shape index (κ3) is 4.80. The van der Waals surface area contributed by atoms with Crippen LogP contribution in [0.3, 0.4) is 0 Å². The Balaban J connectivity index is 1.39. The maximum atomic E-state index is 12.7. The number of rotatable bonds is 3.